The van der Waals surface area contributed by atoms with Crippen LogP contribution < -0.4 is 10.2 Å². The predicted molar refractivity (Wildman–Crippen MR) is 82.6 cm³/mol. The molecule has 2 N–H and O–H groups in total. The maximum Gasteiger partial charge on any atom is 0.274 e. The maximum atomic E-state index is 12.2. The Kier molecular flexibility index (Phi) is 3.39. The summed E-state index contributed by atoms with van der Waals surface area (Å²) in [6.45, 7) is 2.88. The minimum atomic E-state index is -0.285. The number of nitrogens with zero attached hydrogens (tertiary/aromatic N) is 5. The van der Waals surface area contributed by atoms with Crippen LogP contribution in [0, 0.1) is 0 Å². The van der Waals surface area contributed by atoms with Gasteiger partial charge in [0, 0.05) is 25.2 Å². The maximum absolute atomic E-state index is 12.2. The van der Waals surface area contributed by atoms with Gasteiger partial charge in [0.1, 0.15) is 17.3 Å². The molecule has 1 fully saturated rings. The second kappa shape index (κ2) is 5.69. The highest BCUT2D eigenvalue weighted by atomic mass is 16.5. The molecule has 0 radical (unpaired) electrons. The van der Waals surface area contributed by atoms with Crippen LogP contribution in [0.25, 0.3) is 5.65 Å². The van der Waals surface area contributed by atoms with Gasteiger partial charge in [-0.3, -0.25) is 4.79 Å². The Morgan fingerprint density at radius 3 is 3.00 bits per heavy atom. The molecule has 9 nitrogen and oxygen atoms in total. The number of morpholine rings is 1. The lowest BCUT2D eigenvalue weighted by molar-refractivity contribution is 0.102. The fraction of sp³-hybridized carbons (Fsp3) is 0.286. The summed E-state index contributed by atoms with van der Waals surface area (Å²) in [6, 6.07) is 3.62. The zero-order chi connectivity index (χ0) is 15.6. The Morgan fingerprint density at radius 2 is 2.22 bits per heavy atom. The van der Waals surface area contributed by atoms with Crippen molar-refractivity contribution >= 4 is 23.2 Å². The summed E-state index contributed by atoms with van der Waals surface area (Å²) in [5.41, 5.74) is 1.06. The van der Waals surface area contributed by atoms with Crippen LogP contribution in [0.4, 0.5) is 11.6 Å². The van der Waals surface area contributed by atoms with E-state index in [1.54, 1.807) is 16.8 Å². The molecular weight excluding hydrogens is 298 g/mol. The third-order valence-corrected chi connectivity index (χ3v) is 3.66. The molecule has 0 bridgehead atoms. The number of fused-ring (bicyclic) bond motifs is 1. The summed E-state index contributed by atoms with van der Waals surface area (Å²) >= 11 is 0. The van der Waals surface area contributed by atoms with Gasteiger partial charge in [-0.1, -0.05) is 0 Å². The van der Waals surface area contributed by atoms with Crippen molar-refractivity contribution in [2.75, 3.05) is 36.5 Å². The highest BCUT2D eigenvalue weighted by Gasteiger charge is 2.17. The van der Waals surface area contributed by atoms with Gasteiger partial charge in [0.15, 0.2) is 5.65 Å². The summed E-state index contributed by atoms with van der Waals surface area (Å²) < 4.78 is 7.15. The summed E-state index contributed by atoms with van der Waals surface area (Å²) in [6.07, 6.45) is 4.62. The molecule has 1 aliphatic heterocycles. The van der Waals surface area contributed by atoms with Gasteiger partial charge in [0.25, 0.3) is 5.91 Å². The van der Waals surface area contributed by atoms with Crippen molar-refractivity contribution in [3.05, 3.63) is 36.5 Å². The molecule has 3 aromatic heterocycles. The first kappa shape index (κ1) is 13.7. The molecule has 0 spiro atoms. The van der Waals surface area contributed by atoms with E-state index in [4.69, 9.17) is 4.74 Å². The molecule has 118 valence electrons. The number of nitrogens with one attached hydrogen (secondary N) is 2. The Bertz CT molecular complexity index is 821. The van der Waals surface area contributed by atoms with Crippen LogP contribution in [0.2, 0.25) is 0 Å². The van der Waals surface area contributed by atoms with E-state index in [2.05, 4.69) is 30.3 Å². The molecular formula is C14H15N7O2. The fourth-order valence-electron chi connectivity index (χ4n) is 2.54. The van der Waals surface area contributed by atoms with Crippen molar-refractivity contribution in [2.45, 2.75) is 0 Å². The lowest BCUT2D eigenvalue weighted by Gasteiger charge is -2.29. The number of carbonyl (C=O) groups is 1. The van der Waals surface area contributed by atoms with Crippen molar-refractivity contribution < 1.29 is 9.53 Å². The average molecular weight is 313 g/mol. The molecule has 0 aliphatic carbocycles. The molecule has 0 aromatic carbocycles. The van der Waals surface area contributed by atoms with Gasteiger partial charge in [0.2, 0.25) is 0 Å². The van der Waals surface area contributed by atoms with Crippen molar-refractivity contribution in [1.82, 2.24) is 24.6 Å². The third-order valence-electron chi connectivity index (χ3n) is 3.66. The van der Waals surface area contributed by atoms with Crippen molar-refractivity contribution in [3.63, 3.8) is 0 Å². The van der Waals surface area contributed by atoms with Crippen LogP contribution >= 0.6 is 0 Å². The Labute approximate surface area is 131 Å². The van der Waals surface area contributed by atoms with Gasteiger partial charge in [-0.15, -0.1) is 0 Å². The van der Waals surface area contributed by atoms with E-state index in [9.17, 15) is 4.79 Å². The highest BCUT2D eigenvalue weighted by Crippen LogP contribution is 2.21. The van der Waals surface area contributed by atoms with Gasteiger partial charge in [-0.25, -0.2) is 9.97 Å². The normalized spacial score (nSPS) is 15.0. The quantitative estimate of drug-likeness (QED) is 0.732. The zero-order valence-electron chi connectivity index (χ0n) is 12.3. The predicted octanol–water partition coefficient (Wildman–Crippen LogP) is 0.541. The van der Waals surface area contributed by atoms with E-state index in [1.807, 2.05) is 6.07 Å². The lowest BCUT2D eigenvalue weighted by atomic mass is 10.3. The van der Waals surface area contributed by atoms with Gasteiger partial charge >= 0.3 is 0 Å². The number of H-pyrrole nitrogens is 1. The van der Waals surface area contributed by atoms with Gasteiger partial charge in [-0.2, -0.15) is 9.61 Å². The average Bonchev–Trinajstić information content (AvgIpc) is 3.26. The molecule has 0 atom stereocenters. The van der Waals surface area contributed by atoms with Gasteiger partial charge < -0.3 is 19.9 Å². The van der Waals surface area contributed by atoms with Crippen molar-refractivity contribution in [2.24, 2.45) is 0 Å². The van der Waals surface area contributed by atoms with Crippen LogP contribution in [-0.2, 0) is 4.74 Å². The van der Waals surface area contributed by atoms with Gasteiger partial charge in [0.05, 0.1) is 31.9 Å². The van der Waals surface area contributed by atoms with Crippen molar-refractivity contribution in [1.29, 1.82) is 0 Å². The number of hydrogen-bond acceptors (Lipinski definition) is 6. The van der Waals surface area contributed by atoms with Crippen LogP contribution in [0.1, 0.15) is 10.5 Å². The number of ether oxygens (including phenoxy) is 1. The molecule has 1 amide bonds. The number of aromatic nitrogens is 5. The number of aromatic amines is 1. The molecule has 4 heterocycles. The molecule has 0 unspecified atom stereocenters. The summed E-state index contributed by atoms with van der Waals surface area (Å²) in [5.74, 6) is 1.06. The highest BCUT2D eigenvalue weighted by molar-refractivity contribution is 6.02. The Balaban J connectivity index is 1.68. The van der Waals surface area contributed by atoms with Crippen LogP contribution in [0.15, 0.2) is 30.9 Å². The van der Waals surface area contributed by atoms with E-state index in [-0.39, 0.29) is 5.91 Å². The third kappa shape index (κ3) is 2.61. The Hall–Kier alpha value is -2.94. The number of amides is 1. The van der Waals surface area contributed by atoms with E-state index in [1.165, 1.54) is 12.5 Å². The number of anilines is 2. The summed E-state index contributed by atoms with van der Waals surface area (Å²) in [7, 11) is 0. The van der Waals surface area contributed by atoms with E-state index in [0.717, 1.165) is 18.9 Å². The first-order valence-corrected chi connectivity index (χ1v) is 7.28. The molecule has 23 heavy (non-hydrogen) atoms. The molecule has 9 heteroatoms. The number of rotatable bonds is 3. The first-order valence-electron chi connectivity index (χ1n) is 7.28. The zero-order valence-corrected chi connectivity index (χ0v) is 12.3. The molecule has 0 saturated carbocycles. The minimum absolute atomic E-state index is 0.285. The number of hydrogen-bond donors (Lipinski definition) is 2. The van der Waals surface area contributed by atoms with Gasteiger partial charge in [-0.05, 0) is 0 Å². The number of carbonyl (C=O) groups excluding carboxylic acids is 1. The summed E-state index contributed by atoms with van der Waals surface area (Å²) in [4.78, 5) is 25.4. The second-order valence-corrected chi connectivity index (χ2v) is 5.12. The van der Waals surface area contributed by atoms with Crippen LogP contribution in [0.3, 0.4) is 0 Å². The molecule has 4 rings (SSSR count). The summed E-state index contributed by atoms with van der Waals surface area (Å²) in [5, 5.41) is 7.09. The van der Waals surface area contributed by atoms with E-state index in [0.29, 0.717) is 30.4 Å². The largest absolute Gasteiger partial charge is 0.378 e. The second-order valence-electron chi connectivity index (χ2n) is 5.12. The van der Waals surface area contributed by atoms with Crippen LogP contribution in [-0.4, -0.2) is 56.8 Å². The number of imidazole rings is 1. The lowest BCUT2D eigenvalue weighted by Crippen LogP contribution is -2.37. The smallest absolute Gasteiger partial charge is 0.274 e. The van der Waals surface area contributed by atoms with Crippen molar-refractivity contribution in [3.8, 4) is 0 Å². The first-order chi connectivity index (χ1) is 11.3. The van der Waals surface area contributed by atoms with E-state index < -0.39 is 0 Å². The Morgan fingerprint density at radius 1 is 1.35 bits per heavy atom. The monoisotopic (exact) mass is 313 g/mol. The van der Waals surface area contributed by atoms with Crippen LogP contribution in [0.5, 0.6) is 0 Å². The standard InChI is InChI=1S/C14H15N7O2/c22-14(10-8-15-9-16-10)19-11-7-13(20-3-5-23-6-4-20)21-12(18-11)1-2-17-21/h1-2,7-9H,3-6H2,(H,15,16)(H,18,19,22). The van der Waals surface area contributed by atoms with E-state index >= 15 is 0 Å². The molecule has 1 aliphatic rings. The topological polar surface area (TPSA) is 100 Å². The fourth-order valence-corrected chi connectivity index (χ4v) is 2.54. The molecule has 1 saturated heterocycles. The minimum Gasteiger partial charge on any atom is -0.378 e. The molecule has 3 aromatic rings. The SMILES string of the molecule is O=C(Nc1cc(N2CCOCC2)n2nccc2n1)c1cnc[nH]1.